The molecule has 3 nitrogen and oxygen atoms in total. The molecule has 1 aromatic heterocycles. The highest BCUT2D eigenvalue weighted by Crippen LogP contribution is 2.33. The molecule has 1 fully saturated rings. The lowest BCUT2D eigenvalue weighted by Crippen LogP contribution is -1.92. The molecule has 0 radical (unpaired) electrons. The molecular weight excluding hydrogens is 152 g/mol. The maximum Gasteiger partial charge on any atom is 0.0521 e. The summed E-state index contributed by atoms with van der Waals surface area (Å²) in [5.74, 6) is 0. The van der Waals surface area contributed by atoms with Gasteiger partial charge in [0.05, 0.1) is 12.2 Å². The van der Waals surface area contributed by atoms with Crippen molar-refractivity contribution in [2.45, 2.75) is 31.7 Å². The smallest absolute Gasteiger partial charge is 0.0521 e. The molecule has 2 rings (SSSR count). The van der Waals surface area contributed by atoms with Crippen LogP contribution in [0.25, 0.3) is 0 Å². The fourth-order valence-electron chi connectivity index (χ4n) is 1.33. The third-order valence-electron chi connectivity index (χ3n) is 2.20. The number of aliphatic hydroxyl groups is 1. The van der Waals surface area contributed by atoms with Crippen molar-refractivity contribution >= 4 is 0 Å². The minimum atomic E-state index is 0.272. The largest absolute Gasteiger partial charge is 0.396 e. The Balaban J connectivity index is 1.93. The summed E-state index contributed by atoms with van der Waals surface area (Å²) < 4.78 is 2.05. The van der Waals surface area contributed by atoms with Crippen molar-refractivity contribution in [3.05, 3.63) is 18.0 Å². The maximum atomic E-state index is 8.63. The van der Waals surface area contributed by atoms with Gasteiger partial charge in [0.1, 0.15) is 0 Å². The fraction of sp³-hybridized carbons (Fsp3) is 0.667. The molecule has 0 atom stereocenters. The molecule has 0 unspecified atom stereocenters. The van der Waals surface area contributed by atoms with E-state index in [1.54, 1.807) is 0 Å². The van der Waals surface area contributed by atoms with Crippen LogP contribution in [0.15, 0.2) is 12.4 Å². The van der Waals surface area contributed by atoms with Crippen LogP contribution in [0.4, 0.5) is 0 Å². The van der Waals surface area contributed by atoms with Crippen LogP contribution in [0, 0.1) is 0 Å². The normalized spacial score (nSPS) is 16.8. The second-order valence-corrected chi connectivity index (χ2v) is 3.39. The Labute approximate surface area is 72.0 Å². The van der Waals surface area contributed by atoms with E-state index in [1.807, 2.05) is 10.9 Å². The van der Waals surface area contributed by atoms with Gasteiger partial charge >= 0.3 is 0 Å². The van der Waals surface area contributed by atoms with Gasteiger partial charge in [-0.1, -0.05) is 0 Å². The molecule has 1 heterocycles. The summed E-state index contributed by atoms with van der Waals surface area (Å²) in [7, 11) is 0. The zero-order valence-corrected chi connectivity index (χ0v) is 7.11. The number of aromatic nitrogens is 2. The summed E-state index contributed by atoms with van der Waals surface area (Å²) in [6.45, 7) is 0.272. The number of hydrogen-bond acceptors (Lipinski definition) is 2. The Bertz CT molecular complexity index is 253. The van der Waals surface area contributed by atoms with Crippen LogP contribution < -0.4 is 0 Å². The molecule has 0 bridgehead atoms. The van der Waals surface area contributed by atoms with Crippen LogP contribution in [0.3, 0.4) is 0 Å². The zero-order chi connectivity index (χ0) is 8.39. The van der Waals surface area contributed by atoms with E-state index in [1.165, 1.54) is 18.4 Å². The number of rotatable bonds is 4. The summed E-state index contributed by atoms with van der Waals surface area (Å²) in [4.78, 5) is 0. The van der Waals surface area contributed by atoms with Crippen molar-refractivity contribution in [2.75, 3.05) is 6.61 Å². The van der Waals surface area contributed by atoms with E-state index >= 15 is 0 Å². The van der Waals surface area contributed by atoms with E-state index in [-0.39, 0.29) is 6.61 Å². The Hall–Kier alpha value is -0.830. The second kappa shape index (κ2) is 3.27. The van der Waals surface area contributed by atoms with Gasteiger partial charge in [-0.3, -0.25) is 4.68 Å². The first-order valence-corrected chi connectivity index (χ1v) is 4.54. The Morgan fingerprint density at radius 1 is 1.58 bits per heavy atom. The molecule has 0 saturated heterocycles. The highest BCUT2D eigenvalue weighted by Gasteiger charge is 2.23. The second-order valence-electron chi connectivity index (χ2n) is 3.39. The van der Waals surface area contributed by atoms with Crippen LogP contribution in [0.5, 0.6) is 0 Å². The predicted molar refractivity (Wildman–Crippen MR) is 45.9 cm³/mol. The lowest BCUT2D eigenvalue weighted by atomic mass is 10.2. The highest BCUT2D eigenvalue weighted by atomic mass is 16.2. The van der Waals surface area contributed by atoms with Crippen molar-refractivity contribution in [2.24, 2.45) is 0 Å². The Morgan fingerprint density at radius 3 is 3.08 bits per heavy atom. The minimum Gasteiger partial charge on any atom is -0.396 e. The number of nitrogens with zero attached hydrogens (tertiary/aromatic N) is 2. The van der Waals surface area contributed by atoms with Gasteiger partial charge in [-0.25, -0.2) is 0 Å². The van der Waals surface area contributed by atoms with E-state index in [2.05, 4.69) is 11.3 Å². The van der Waals surface area contributed by atoms with Gasteiger partial charge in [-0.2, -0.15) is 5.10 Å². The van der Waals surface area contributed by atoms with Crippen LogP contribution in [-0.2, 0) is 6.42 Å². The molecule has 1 saturated carbocycles. The third kappa shape index (κ3) is 1.67. The molecule has 0 spiro atoms. The predicted octanol–water partition coefficient (Wildman–Crippen LogP) is 1.14. The maximum absolute atomic E-state index is 8.63. The van der Waals surface area contributed by atoms with Gasteiger partial charge in [0.15, 0.2) is 0 Å². The number of aryl methyl sites for hydroxylation is 1. The van der Waals surface area contributed by atoms with Crippen molar-refractivity contribution in [3.63, 3.8) is 0 Å². The van der Waals surface area contributed by atoms with Gasteiger partial charge in [-0.05, 0) is 31.2 Å². The molecule has 0 aliphatic heterocycles. The van der Waals surface area contributed by atoms with Gasteiger partial charge in [0.25, 0.3) is 0 Å². The van der Waals surface area contributed by atoms with Crippen LogP contribution >= 0.6 is 0 Å². The molecule has 1 N–H and O–H groups in total. The molecule has 1 aliphatic rings. The van der Waals surface area contributed by atoms with Crippen LogP contribution in [-0.4, -0.2) is 21.5 Å². The van der Waals surface area contributed by atoms with Gasteiger partial charge in [-0.15, -0.1) is 0 Å². The van der Waals surface area contributed by atoms with Crippen LogP contribution in [0.2, 0.25) is 0 Å². The summed E-state index contributed by atoms with van der Waals surface area (Å²) in [5, 5.41) is 12.9. The summed E-state index contributed by atoms with van der Waals surface area (Å²) >= 11 is 0. The summed E-state index contributed by atoms with van der Waals surface area (Å²) in [5.41, 5.74) is 1.25. The van der Waals surface area contributed by atoms with Gasteiger partial charge in [0, 0.05) is 12.8 Å². The Morgan fingerprint density at radius 2 is 2.42 bits per heavy atom. The SMILES string of the molecule is OCCCc1cnn(C2CC2)c1. The molecular formula is C9H14N2O. The lowest BCUT2D eigenvalue weighted by Gasteiger charge is -1.94. The lowest BCUT2D eigenvalue weighted by molar-refractivity contribution is 0.288. The molecule has 0 aromatic carbocycles. The highest BCUT2D eigenvalue weighted by molar-refractivity contribution is 5.05. The fourth-order valence-corrected chi connectivity index (χ4v) is 1.33. The molecule has 66 valence electrons. The zero-order valence-electron chi connectivity index (χ0n) is 7.11. The van der Waals surface area contributed by atoms with E-state index < -0.39 is 0 Å². The number of aliphatic hydroxyl groups excluding tert-OH is 1. The van der Waals surface area contributed by atoms with E-state index in [4.69, 9.17) is 5.11 Å². The van der Waals surface area contributed by atoms with Crippen molar-refractivity contribution < 1.29 is 5.11 Å². The monoisotopic (exact) mass is 166 g/mol. The number of hydrogen-bond donors (Lipinski definition) is 1. The molecule has 1 aromatic rings. The first kappa shape index (κ1) is 7.80. The molecule has 3 heteroatoms. The first-order valence-electron chi connectivity index (χ1n) is 4.54. The third-order valence-corrected chi connectivity index (χ3v) is 2.20. The topological polar surface area (TPSA) is 38.1 Å². The summed E-state index contributed by atoms with van der Waals surface area (Å²) in [6, 6.07) is 0.674. The molecule has 0 amide bonds. The average molecular weight is 166 g/mol. The minimum absolute atomic E-state index is 0.272. The van der Waals surface area contributed by atoms with Gasteiger partial charge < -0.3 is 5.11 Å². The summed E-state index contributed by atoms with van der Waals surface area (Å²) in [6.07, 6.45) is 8.36. The van der Waals surface area contributed by atoms with E-state index in [0.29, 0.717) is 6.04 Å². The van der Waals surface area contributed by atoms with Crippen LogP contribution in [0.1, 0.15) is 30.9 Å². The molecule has 12 heavy (non-hydrogen) atoms. The van der Waals surface area contributed by atoms with Crippen molar-refractivity contribution in [3.8, 4) is 0 Å². The Kier molecular flexibility index (Phi) is 2.13. The average Bonchev–Trinajstić information content (AvgIpc) is 2.83. The molecule has 1 aliphatic carbocycles. The van der Waals surface area contributed by atoms with Crippen molar-refractivity contribution in [1.82, 2.24) is 9.78 Å². The van der Waals surface area contributed by atoms with Crippen molar-refractivity contribution in [1.29, 1.82) is 0 Å². The first-order chi connectivity index (χ1) is 5.90. The van der Waals surface area contributed by atoms with E-state index in [9.17, 15) is 0 Å². The van der Waals surface area contributed by atoms with Gasteiger partial charge in [0.2, 0.25) is 0 Å². The van der Waals surface area contributed by atoms with E-state index in [0.717, 1.165) is 12.8 Å². The standard InChI is InChI=1S/C9H14N2O/c12-5-1-2-8-6-10-11(7-8)9-3-4-9/h6-7,9,12H,1-5H2. The quantitative estimate of drug-likeness (QED) is 0.728.